The van der Waals surface area contributed by atoms with Crippen LogP contribution >= 0.6 is 11.3 Å². The van der Waals surface area contributed by atoms with E-state index in [1.54, 1.807) is 30.3 Å². The highest BCUT2D eigenvalue weighted by Crippen LogP contribution is 2.29. The summed E-state index contributed by atoms with van der Waals surface area (Å²) < 4.78 is 5.13. The molecular weight excluding hydrogens is 392 g/mol. The number of pyridine rings is 2. The lowest BCUT2D eigenvalue weighted by molar-refractivity contribution is 0.0524. The first-order valence-corrected chi connectivity index (χ1v) is 10.2. The molecule has 0 unspecified atom stereocenters. The Balaban J connectivity index is 1.68. The molecule has 150 valence electrons. The predicted molar refractivity (Wildman–Crippen MR) is 111 cm³/mol. The summed E-state index contributed by atoms with van der Waals surface area (Å²) in [6.45, 7) is 3.88. The van der Waals surface area contributed by atoms with Gasteiger partial charge in [-0.05, 0) is 24.4 Å². The van der Waals surface area contributed by atoms with Crippen LogP contribution in [0.5, 0.6) is 0 Å². The van der Waals surface area contributed by atoms with Gasteiger partial charge in [0.05, 0.1) is 28.9 Å². The summed E-state index contributed by atoms with van der Waals surface area (Å²) in [6.07, 6.45) is 3.18. The number of thiophene rings is 1. The third-order valence-electron chi connectivity index (χ3n) is 4.88. The smallest absolute Gasteiger partial charge is 0.345 e. The number of aromatic amines is 1. The number of H-pyrrole nitrogens is 1. The molecule has 1 fully saturated rings. The molecule has 29 heavy (non-hydrogen) atoms. The van der Waals surface area contributed by atoms with E-state index in [1.807, 2.05) is 22.4 Å². The van der Waals surface area contributed by atoms with Crippen molar-refractivity contribution in [2.24, 2.45) is 0 Å². The number of hydrogen-bond donors (Lipinski definition) is 1. The number of piperazine rings is 1. The molecule has 1 aliphatic rings. The van der Waals surface area contributed by atoms with Gasteiger partial charge in [0.2, 0.25) is 0 Å². The Hall–Kier alpha value is -3.20. The second-order valence-corrected chi connectivity index (χ2v) is 7.52. The maximum Gasteiger partial charge on any atom is 0.345 e. The number of esters is 1. The fourth-order valence-corrected chi connectivity index (χ4v) is 4.23. The number of carbonyl (C=O) groups is 2. The molecule has 8 nitrogen and oxygen atoms in total. The zero-order chi connectivity index (χ0) is 20.4. The molecule has 4 rings (SSSR count). The Labute approximate surface area is 170 Å². The summed E-state index contributed by atoms with van der Waals surface area (Å²) in [5.41, 5.74) is 0.574. The van der Waals surface area contributed by atoms with E-state index in [0.29, 0.717) is 42.3 Å². The number of aromatic nitrogens is 2. The van der Waals surface area contributed by atoms with Gasteiger partial charge in [0, 0.05) is 37.8 Å². The zero-order valence-electron chi connectivity index (χ0n) is 15.9. The van der Waals surface area contributed by atoms with Crippen molar-refractivity contribution in [1.82, 2.24) is 14.9 Å². The monoisotopic (exact) mass is 412 g/mol. The number of rotatable bonds is 4. The molecule has 0 bridgehead atoms. The van der Waals surface area contributed by atoms with Crippen LogP contribution in [0.4, 0.5) is 5.69 Å². The van der Waals surface area contributed by atoms with E-state index in [4.69, 9.17) is 4.74 Å². The van der Waals surface area contributed by atoms with Crippen LogP contribution in [0.2, 0.25) is 0 Å². The Morgan fingerprint density at radius 1 is 1.24 bits per heavy atom. The molecule has 3 aromatic rings. The van der Waals surface area contributed by atoms with Crippen molar-refractivity contribution in [3.63, 3.8) is 0 Å². The molecule has 1 aliphatic heterocycles. The first kappa shape index (κ1) is 19.1. The molecule has 0 saturated carbocycles. The molecule has 1 saturated heterocycles. The van der Waals surface area contributed by atoms with Gasteiger partial charge >= 0.3 is 5.97 Å². The minimum Gasteiger partial charge on any atom is -0.462 e. The third kappa shape index (κ3) is 3.61. The van der Waals surface area contributed by atoms with E-state index < -0.39 is 11.5 Å². The fraction of sp³-hybridized carbons (Fsp3) is 0.300. The van der Waals surface area contributed by atoms with Gasteiger partial charge in [0.25, 0.3) is 11.5 Å². The van der Waals surface area contributed by atoms with Crippen LogP contribution in [0.1, 0.15) is 27.0 Å². The van der Waals surface area contributed by atoms with Crippen molar-refractivity contribution in [1.29, 1.82) is 0 Å². The van der Waals surface area contributed by atoms with Crippen molar-refractivity contribution < 1.29 is 14.3 Å². The highest BCUT2D eigenvalue weighted by atomic mass is 32.1. The lowest BCUT2D eigenvalue weighted by atomic mass is 10.1. The summed E-state index contributed by atoms with van der Waals surface area (Å²) in [4.78, 5) is 49.1. The average Bonchev–Trinajstić information content (AvgIpc) is 3.27. The highest BCUT2D eigenvalue weighted by molar-refractivity contribution is 7.12. The van der Waals surface area contributed by atoms with Crippen molar-refractivity contribution >= 4 is 39.8 Å². The van der Waals surface area contributed by atoms with E-state index in [9.17, 15) is 14.4 Å². The van der Waals surface area contributed by atoms with Crippen LogP contribution in [0.25, 0.3) is 10.9 Å². The second kappa shape index (κ2) is 8.04. The molecule has 4 heterocycles. The van der Waals surface area contributed by atoms with Gasteiger partial charge in [-0.15, -0.1) is 11.3 Å². The molecule has 9 heteroatoms. The van der Waals surface area contributed by atoms with Crippen molar-refractivity contribution in [2.75, 3.05) is 37.7 Å². The van der Waals surface area contributed by atoms with Gasteiger partial charge in [-0.1, -0.05) is 6.07 Å². The first-order chi connectivity index (χ1) is 14.1. The largest absolute Gasteiger partial charge is 0.462 e. The third-order valence-corrected chi connectivity index (χ3v) is 5.74. The van der Waals surface area contributed by atoms with Crippen LogP contribution in [0.15, 0.2) is 40.8 Å². The van der Waals surface area contributed by atoms with Gasteiger partial charge < -0.3 is 19.5 Å². The Morgan fingerprint density at radius 3 is 2.72 bits per heavy atom. The molecule has 3 aromatic heterocycles. The zero-order valence-corrected chi connectivity index (χ0v) is 16.7. The highest BCUT2D eigenvalue weighted by Gasteiger charge is 2.29. The summed E-state index contributed by atoms with van der Waals surface area (Å²) in [5, 5.41) is 2.60. The number of fused-ring (bicyclic) bond motifs is 1. The normalized spacial score (nSPS) is 14.2. The molecule has 0 atom stereocenters. The topological polar surface area (TPSA) is 95.6 Å². The quantitative estimate of drug-likeness (QED) is 0.660. The van der Waals surface area contributed by atoms with Crippen LogP contribution in [0, 0.1) is 0 Å². The van der Waals surface area contributed by atoms with Gasteiger partial charge in [-0.2, -0.15) is 0 Å². The van der Waals surface area contributed by atoms with E-state index in [2.05, 4.69) is 9.97 Å². The number of anilines is 1. The number of ether oxygens (including phenoxy) is 1. The van der Waals surface area contributed by atoms with Crippen LogP contribution in [-0.4, -0.2) is 59.5 Å². The number of hydrogen-bond acceptors (Lipinski definition) is 7. The van der Waals surface area contributed by atoms with Gasteiger partial charge in [0.15, 0.2) is 0 Å². The molecule has 0 radical (unpaired) electrons. The summed E-state index contributed by atoms with van der Waals surface area (Å²) in [6, 6.07) is 5.44. The Bertz CT molecular complexity index is 1100. The molecule has 0 aliphatic carbocycles. The maximum atomic E-state index is 12.7. The number of amides is 1. The summed E-state index contributed by atoms with van der Waals surface area (Å²) >= 11 is 1.42. The van der Waals surface area contributed by atoms with E-state index in [-0.39, 0.29) is 18.1 Å². The summed E-state index contributed by atoms with van der Waals surface area (Å²) in [5.74, 6) is -0.648. The predicted octanol–water partition coefficient (Wildman–Crippen LogP) is 2.12. The van der Waals surface area contributed by atoms with E-state index in [1.165, 1.54) is 11.3 Å². The lowest BCUT2D eigenvalue weighted by Crippen LogP contribution is -2.49. The van der Waals surface area contributed by atoms with Crippen molar-refractivity contribution in [3.05, 3.63) is 56.8 Å². The van der Waals surface area contributed by atoms with Crippen LogP contribution < -0.4 is 10.5 Å². The van der Waals surface area contributed by atoms with Gasteiger partial charge in [0.1, 0.15) is 5.56 Å². The number of nitrogens with zero attached hydrogens (tertiary/aromatic N) is 3. The van der Waals surface area contributed by atoms with Crippen molar-refractivity contribution in [2.45, 2.75) is 6.92 Å². The van der Waals surface area contributed by atoms with Crippen molar-refractivity contribution in [3.8, 4) is 0 Å². The molecule has 0 spiro atoms. The minimum absolute atomic E-state index is 0.00485. The van der Waals surface area contributed by atoms with Gasteiger partial charge in [-0.25, -0.2) is 4.79 Å². The number of carbonyl (C=O) groups excluding carboxylic acids is 2. The summed E-state index contributed by atoms with van der Waals surface area (Å²) in [7, 11) is 0. The second-order valence-electron chi connectivity index (χ2n) is 6.58. The lowest BCUT2D eigenvalue weighted by Gasteiger charge is -2.37. The fourth-order valence-electron chi connectivity index (χ4n) is 3.54. The standard InChI is InChI=1S/C20H20N4O4S/c1-2-28-20(27)16-17(13-5-6-21-12-14(13)22-18(16)25)23-7-9-24(10-8-23)19(26)15-4-3-11-29-15/h3-6,11-12H,2,7-10H2,1H3,(H,22,25). The van der Waals surface area contributed by atoms with Crippen LogP contribution in [0.3, 0.4) is 0 Å². The Kier molecular flexibility index (Phi) is 5.30. The van der Waals surface area contributed by atoms with E-state index in [0.717, 1.165) is 5.39 Å². The van der Waals surface area contributed by atoms with Gasteiger partial charge in [-0.3, -0.25) is 14.6 Å². The average molecular weight is 412 g/mol. The first-order valence-electron chi connectivity index (χ1n) is 9.35. The molecule has 0 aromatic carbocycles. The van der Waals surface area contributed by atoms with Crippen LogP contribution in [-0.2, 0) is 4.74 Å². The maximum absolute atomic E-state index is 12.7. The molecule has 1 amide bonds. The number of nitrogens with one attached hydrogen (secondary N) is 1. The minimum atomic E-state index is -0.653. The molecule has 1 N–H and O–H groups in total. The molecular formula is C20H20N4O4S. The van der Waals surface area contributed by atoms with E-state index >= 15 is 0 Å². The SMILES string of the molecule is CCOC(=O)c1c(N2CCN(C(=O)c3cccs3)CC2)c2ccncc2[nH]c1=O. The Morgan fingerprint density at radius 2 is 2.03 bits per heavy atom.